The van der Waals surface area contributed by atoms with Crippen LogP contribution in [0.15, 0.2) is 53.0 Å². The molecule has 1 saturated heterocycles. The maximum Gasteiger partial charge on any atom is 0.188 e. The van der Waals surface area contributed by atoms with Crippen molar-refractivity contribution in [2.45, 2.75) is 25.1 Å². The second-order valence-corrected chi connectivity index (χ2v) is 7.14. The second-order valence-electron chi connectivity index (χ2n) is 5.84. The number of halogens is 1. The van der Waals surface area contributed by atoms with Crippen LogP contribution in [0.4, 0.5) is 5.69 Å². The van der Waals surface area contributed by atoms with Gasteiger partial charge in [0, 0.05) is 22.1 Å². The summed E-state index contributed by atoms with van der Waals surface area (Å²) in [5, 5.41) is 4.16. The number of ether oxygens (including phenoxy) is 1. The highest BCUT2D eigenvalue weighted by molar-refractivity contribution is 9.10. The molecule has 2 aliphatic heterocycles. The molecule has 2 aromatic rings. The van der Waals surface area contributed by atoms with E-state index in [9.17, 15) is 0 Å². The highest BCUT2D eigenvalue weighted by Gasteiger charge is 2.48. The molecule has 0 amide bonds. The van der Waals surface area contributed by atoms with Crippen LogP contribution in [0.2, 0.25) is 0 Å². The molecule has 2 aliphatic rings. The van der Waals surface area contributed by atoms with Crippen molar-refractivity contribution in [2.24, 2.45) is 0 Å². The Balaban J connectivity index is 1.82. The van der Waals surface area contributed by atoms with E-state index in [2.05, 4.69) is 45.2 Å². The van der Waals surface area contributed by atoms with Crippen LogP contribution in [0, 0.1) is 0 Å². The van der Waals surface area contributed by atoms with Gasteiger partial charge < -0.3 is 10.1 Å². The normalized spacial score (nSPS) is 26.0. The minimum atomic E-state index is -0.484. The van der Waals surface area contributed by atoms with Crippen molar-refractivity contribution in [2.75, 3.05) is 4.90 Å². The molecule has 2 heterocycles. The molecule has 0 aromatic heterocycles. The number of nitrogens with one attached hydrogen (secondary N) is 1. The summed E-state index contributed by atoms with van der Waals surface area (Å²) in [6.45, 7) is 2.10. The number of para-hydroxylation sites is 1. The van der Waals surface area contributed by atoms with Crippen LogP contribution in [0.1, 0.15) is 24.9 Å². The molecule has 0 spiro atoms. The first-order valence-electron chi connectivity index (χ1n) is 7.21. The molecule has 0 unspecified atom stereocenters. The first-order chi connectivity index (χ1) is 10.6. The quantitative estimate of drug-likeness (QED) is 0.748. The highest BCUT2D eigenvalue weighted by Crippen LogP contribution is 2.45. The topological polar surface area (TPSA) is 24.5 Å². The Morgan fingerprint density at radius 2 is 2.09 bits per heavy atom. The summed E-state index contributed by atoms with van der Waals surface area (Å²) in [4.78, 5) is 2.07. The third kappa shape index (κ3) is 2.11. The molecule has 5 heteroatoms. The number of fused-ring (bicyclic) bond motifs is 4. The van der Waals surface area contributed by atoms with E-state index in [1.54, 1.807) is 0 Å². The fraction of sp³-hybridized carbons (Fsp3) is 0.235. The number of thiocarbonyl (C=S) groups is 1. The Labute approximate surface area is 143 Å². The van der Waals surface area contributed by atoms with E-state index >= 15 is 0 Å². The van der Waals surface area contributed by atoms with Crippen LogP contribution >= 0.6 is 28.1 Å². The van der Waals surface area contributed by atoms with Gasteiger partial charge in [0.15, 0.2) is 10.8 Å². The predicted octanol–water partition coefficient (Wildman–Crippen LogP) is 4.38. The molecule has 112 valence electrons. The van der Waals surface area contributed by atoms with Crippen LogP contribution in [0.25, 0.3) is 0 Å². The lowest BCUT2D eigenvalue weighted by Gasteiger charge is -2.52. The van der Waals surface area contributed by atoms with E-state index in [0.717, 1.165) is 22.3 Å². The molecule has 0 saturated carbocycles. The lowest BCUT2D eigenvalue weighted by Crippen LogP contribution is -2.65. The van der Waals surface area contributed by atoms with Crippen molar-refractivity contribution < 1.29 is 4.74 Å². The Morgan fingerprint density at radius 1 is 1.27 bits per heavy atom. The number of hydrogen-bond acceptors (Lipinski definition) is 2. The van der Waals surface area contributed by atoms with Gasteiger partial charge in [-0.05, 0) is 43.4 Å². The van der Waals surface area contributed by atoms with Gasteiger partial charge in [0.25, 0.3) is 0 Å². The van der Waals surface area contributed by atoms with Crippen molar-refractivity contribution in [1.82, 2.24) is 5.32 Å². The fourth-order valence-electron chi connectivity index (χ4n) is 3.33. The Morgan fingerprint density at radius 3 is 2.91 bits per heavy atom. The maximum absolute atomic E-state index is 6.35. The van der Waals surface area contributed by atoms with Crippen LogP contribution in [-0.4, -0.2) is 10.8 Å². The molecule has 22 heavy (non-hydrogen) atoms. The average Bonchev–Trinajstić information content (AvgIpc) is 2.46. The van der Waals surface area contributed by atoms with Gasteiger partial charge in [-0.2, -0.15) is 0 Å². The van der Waals surface area contributed by atoms with Crippen LogP contribution in [0.3, 0.4) is 0 Å². The van der Waals surface area contributed by atoms with Crippen molar-refractivity contribution in [3.63, 3.8) is 0 Å². The van der Waals surface area contributed by atoms with Gasteiger partial charge in [0.05, 0.1) is 6.04 Å². The van der Waals surface area contributed by atoms with Crippen molar-refractivity contribution in [1.29, 1.82) is 0 Å². The van der Waals surface area contributed by atoms with Crippen LogP contribution in [0.5, 0.6) is 5.75 Å². The number of anilines is 1. The summed E-state index contributed by atoms with van der Waals surface area (Å²) in [6.07, 6.45) is 0.844. The zero-order valence-electron chi connectivity index (χ0n) is 12.0. The smallest absolute Gasteiger partial charge is 0.188 e. The van der Waals surface area contributed by atoms with E-state index in [-0.39, 0.29) is 6.04 Å². The SMILES string of the molecule is C[C@@]12C[C@@H](NC(=S)N1c1cccc(Br)c1)c1ccccc1O2. The second kappa shape index (κ2) is 4.96. The van der Waals surface area contributed by atoms with Crippen molar-refractivity contribution in [3.8, 4) is 5.75 Å². The van der Waals surface area contributed by atoms with E-state index in [1.165, 1.54) is 5.56 Å². The van der Waals surface area contributed by atoms with E-state index in [0.29, 0.717) is 5.11 Å². The molecule has 1 fully saturated rings. The summed E-state index contributed by atoms with van der Waals surface area (Å²) in [6, 6.07) is 16.5. The lowest BCUT2D eigenvalue weighted by molar-refractivity contribution is 0.0498. The molecule has 4 rings (SSSR count). The third-order valence-electron chi connectivity index (χ3n) is 4.25. The molecule has 2 aromatic carbocycles. The number of nitrogens with zero attached hydrogens (tertiary/aromatic N) is 1. The van der Waals surface area contributed by atoms with Gasteiger partial charge in [-0.3, -0.25) is 4.90 Å². The standard InChI is InChI=1S/C17H15BrN2OS/c1-17-10-14(13-7-2-3-8-15(13)21-17)19-16(22)20(17)12-6-4-5-11(18)9-12/h2-9,14H,10H2,1H3,(H,19,22)/t14-,17-/m1/s1. The Bertz CT molecular complexity index is 766. The molecule has 0 aliphatic carbocycles. The molecule has 3 nitrogen and oxygen atoms in total. The summed E-state index contributed by atoms with van der Waals surface area (Å²) < 4.78 is 7.37. The third-order valence-corrected chi connectivity index (χ3v) is 5.04. The van der Waals surface area contributed by atoms with E-state index in [4.69, 9.17) is 17.0 Å². The molecule has 1 N–H and O–H groups in total. The number of hydrogen-bond donors (Lipinski definition) is 1. The lowest BCUT2D eigenvalue weighted by atomic mass is 9.90. The predicted molar refractivity (Wildman–Crippen MR) is 95.2 cm³/mol. The summed E-state index contributed by atoms with van der Waals surface area (Å²) in [5.74, 6) is 0.927. The van der Waals surface area contributed by atoms with Gasteiger partial charge in [0.2, 0.25) is 0 Å². The Kier molecular flexibility index (Phi) is 3.16. The van der Waals surface area contributed by atoms with Crippen molar-refractivity contribution in [3.05, 3.63) is 58.6 Å². The van der Waals surface area contributed by atoms with E-state index in [1.807, 2.05) is 36.4 Å². The Hall–Kier alpha value is -1.59. The first-order valence-corrected chi connectivity index (χ1v) is 8.41. The summed E-state index contributed by atoms with van der Waals surface area (Å²) >= 11 is 9.16. The zero-order valence-corrected chi connectivity index (χ0v) is 14.4. The highest BCUT2D eigenvalue weighted by atomic mass is 79.9. The summed E-state index contributed by atoms with van der Waals surface area (Å²) in [5.41, 5.74) is 1.71. The van der Waals surface area contributed by atoms with Crippen LogP contribution in [-0.2, 0) is 0 Å². The molecular formula is C17H15BrN2OS. The van der Waals surface area contributed by atoms with Gasteiger partial charge in [-0.15, -0.1) is 0 Å². The molecule has 2 bridgehead atoms. The summed E-state index contributed by atoms with van der Waals surface area (Å²) in [7, 11) is 0. The minimum absolute atomic E-state index is 0.200. The van der Waals surface area contributed by atoms with Gasteiger partial charge >= 0.3 is 0 Å². The zero-order chi connectivity index (χ0) is 15.3. The maximum atomic E-state index is 6.35. The number of rotatable bonds is 1. The fourth-order valence-corrected chi connectivity index (χ4v) is 4.16. The van der Waals surface area contributed by atoms with Crippen LogP contribution < -0.4 is 15.0 Å². The van der Waals surface area contributed by atoms with Gasteiger partial charge in [-0.25, -0.2) is 0 Å². The van der Waals surface area contributed by atoms with Gasteiger partial charge in [-0.1, -0.05) is 40.2 Å². The van der Waals surface area contributed by atoms with Crippen molar-refractivity contribution >= 4 is 38.9 Å². The minimum Gasteiger partial charge on any atom is -0.467 e. The molecular weight excluding hydrogens is 360 g/mol. The monoisotopic (exact) mass is 374 g/mol. The average molecular weight is 375 g/mol. The van der Waals surface area contributed by atoms with E-state index < -0.39 is 5.72 Å². The number of benzene rings is 2. The van der Waals surface area contributed by atoms with Gasteiger partial charge in [0.1, 0.15) is 5.75 Å². The molecule has 2 atom stereocenters. The first kappa shape index (κ1) is 14.0. The molecule has 0 radical (unpaired) electrons. The largest absolute Gasteiger partial charge is 0.467 e.